The summed E-state index contributed by atoms with van der Waals surface area (Å²) < 4.78 is 250. The number of methoxy groups -OCH3 is 4. The van der Waals surface area contributed by atoms with E-state index < -0.39 is 212 Å². The van der Waals surface area contributed by atoms with Crippen molar-refractivity contribution in [2.24, 2.45) is 23.7 Å². The van der Waals surface area contributed by atoms with Gasteiger partial charge in [-0.3, -0.25) is 20.9 Å². The molecule has 5 saturated heterocycles. The lowest BCUT2D eigenvalue weighted by atomic mass is 9.80. The standard InChI is InChI=1S/C19H36O20S3.C19H34O16S2/c1-19(9-20)18(39-42(29,30)31)11(4-32-2)15(21)13(37-19)7-34-5-10-12(8-35-40(23,24)25)36-14(6-33-3)17(16(10)22)38-41(26,27)28;1-19(9-20)18(35-37(25,26)27)11(4-28-2)15(21)13(33-19)7-30-5-10-12-8-31-16(10)17(34-36(22,23)24)14(32-12)6-29-3/h10-18,20-22H,4-9H2,1-3H3,(H,23,24,25)(H,26,27,28)(H,29,30,31);10-18,20-21H,4-9H2,1-3H3,(H,22,23,24)(H,25,26,27)/p-5/t2*10-,11-,12?,13-,14+,15?,16+,17?,18+,19?/m00/s1. The SMILES string of the molecule is COC[C@H]1OC(COS(=O)(=O)[O-])[C@H](COC[C@@H]2OC(C)(CO)[C@H](OS(=O)(=O)[O-])[C@@H](COC)C2O)[C@@H](O)C1OS(=O)(=O)[O-].COC[C@H]1OC2CO[C@@H](C1OS(=O)(=O)[O-])[C@H]2COC[C@@H]1OC(C)(CO)[C@H](OS(=O)(=O)[O-])[C@@H](COC)C1O. The fourth-order valence-electron chi connectivity index (χ4n) is 9.87. The first-order valence-corrected chi connectivity index (χ1v) is 30.0. The van der Waals surface area contributed by atoms with Crippen molar-refractivity contribution in [1.29, 1.82) is 0 Å². The van der Waals surface area contributed by atoms with Crippen molar-refractivity contribution in [3.05, 3.63) is 0 Å². The molecule has 0 radical (unpaired) electrons. The predicted octanol–water partition coefficient (Wildman–Crippen LogP) is -7.77. The van der Waals surface area contributed by atoms with Crippen LogP contribution in [-0.2, 0) is 125 Å². The molecule has 79 heavy (non-hydrogen) atoms. The van der Waals surface area contributed by atoms with Gasteiger partial charge in [0.2, 0.25) is 52.0 Å². The molecule has 0 aromatic heterocycles. The van der Waals surface area contributed by atoms with E-state index in [1.807, 2.05) is 0 Å². The molecule has 2 bridgehead atoms. The van der Waals surface area contributed by atoms with Crippen LogP contribution in [0.25, 0.3) is 0 Å². The molecule has 5 rings (SSSR count). The lowest BCUT2D eigenvalue weighted by Gasteiger charge is -2.49. The second-order valence-electron chi connectivity index (χ2n) is 19.0. The van der Waals surface area contributed by atoms with Crippen LogP contribution in [0.3, 0.4) is 0 Å². The van der Waals surface area contributed by atoms with E-state index in [0.29, 0.717) is 0 Å². The van der Waals surface area contributed by atoms with Crippen molar-refractivity contribution in [1.82, 2.24) is 0 Å². The summed E-state index contributed by atoms with van der Waals surface area (Å²) in [6.45, 7) is -2.67. The van der Waals surface area contributed by atoms with Crippen LogP contribution in [0.4, 0.5) is 0 Å². The number of hydrogen-bond acceptors (Lipinski definition) is 36. The van der Waals surface area contributed by atoms with Gasteiger partial charge < -0.3 is 100 Å². The Kier molecular flexibility index (Phi) is 25.9. The van der Waals surface area contributed by atoms with Gasteiger partial charge in [0.15, 0.2) is 0 Å². The van der Waals surface area contributed by atoms with Gasteiger partial charge in [-0.05, 0) is 13.8 Å². The highest BCUT2D eigenvalue weighted by atomic mass is 32.3. The van der Waals surface area contributed by atoms with Crippen LogP contribution >= 0.6 is 0 Å². The predicted molar refractivity (Wildman–Crippen MR) is 243 cm³/mol. The van der Waals surface area contributed by atoms with Crippen LogP contribution in [0, 0.1) is 23.7 Å². The Morgan fingerprint density at radius 2 is 0.861 bits per heavy atom. The van der Waals surface area contributed by atoms with E-state index >= 15 is 0 Å². The summed E-state index contributed by atoms with van der Waals surface area (Å²) in [5, 5.41) is 52.4. The summed E-state index contributed by atoms with van der Waals surface area (Å²) in [6, 6.07) is 0. The molecule has 0 aliphatic carbocycles. The molecular weight excluding hydrogens is 1190 g/mol. The maximum absolute atomic E-state index is 11.3. The fraction of sp³-hybridized carbons (Fsp3) is 1.00. The number of hydrogen-bond donors (Lipinski definition) is 5. The molecule has 36 nitrogen and oxygen atoms in total. The molecule has 5 aliphatic rings. The van der Waals surface area contributed by atoms with Crippen molar-refractivity contribution in [3.8, 4) is 0 Å². The molecule has 0 aromatic carbocycles. The summed E-state index contributed by atoms with van der Waals surface area (Å²) in [6.07, 6.45) is -19.0. The number of aliphatic hydroxyl groups excluding tert-OH is 5. The van der Waals surface area contributed by atoms with E-state index in [1.54, 1.807) is 0 Å². The highest BCUT2D eigenvalue weighted by Crippen LogP contribution is 2.41. The van der Waals surface area contributed by atoms with Crippen molar-refractivity contribution in [2.45, 2.75) is 111 Å². The van der Waals surface area contributed by atoms with Crippen LogP contribution in [0.2, 0.25) is 0 Å². The Labute approximate surface area is 455 Å². The van der Waals surface area contributed by atoms with Gasteiger partial charge in [0, 0.05) is 52.1 Å². The zero-order valence-corrected chi connectivity index (χ0v) is 46.9. The lowest BCUT2D eigenvalue weighted by molar-refractivity contribution is -0.267. The molecule has 0 saturated carbocycles. The minimum absolute atomic E-state index is 0.0465. The highest BCUT2D eigenvalue weighted by Gasteiger charge is 2.57. The normalized spacial score (nSPS) is 38.5. The Hall–Kier alpha value is -1.29. The molecule has 0 amide bonds. The van der Waals surface area contributed by atoms with Crippen molar-refractivity contribution in [2.75, 3.05) is 108 Å². The van der Waals surface area contributed by atoms with Gasteiger partial charge in [0.05, 0.1) is 116 Å². The third kappa shape index (κ3) is 20.2. The highest BCUT2D eigenvalue weighted by molar-refractivity contribution is 7.81. The average Bonchev–Trinajstić information content (AvgIpc) is 3.67. The molecule has 41 heteroatoms. The maximum atomic E-state index is 11.3. The monoisotopic (exact) mass is 1260 g/mol. The molecule has 5 fully saturated rings. The van der Waals surface area contributed by atoms with Gasteiger partial charge in [0.25, 0.3) is 0 Å². The summed E-state index contributed by atoms with van der Waals surface area (Å²) in [4.78, 5) is 0. The third-order valence-corrected chi connectivity index (χ3v) is 15.5. The quantitative estimate of drug-likeness (QED) is 0.0343. The third-order valence-electron chi connectivity index (χ3n) is 13.3. The van der Waals surface area contributed by atoms with E-state index in [0.717, 1.165) is 7.11 Å². The Balaban J connectivity index is 0.000000343. The van der Waals surface area contributed by atoms with Gasteiger partial charge in [-0.1, -0.05) is 0 Å². The molecule has 8 unspecified atom stereocenters. The van der Waals surface area contributed by atoms with Gasteiger partial charge in [0.1, 0.15) is 60.0 Å². The van der Waals surface area contributed by atoms with Gasteiger partial charge >= 0.3 is 0 Å². The van der Waals surface area contributed by atoms with Gasteiger partial charge in [-0.25, -0.2) is 42.1 Å². The second-order valence-corrected chi connectivity index (χ2v) is 24.1. The lowest BCUT2D eigenvalue weighted by Crippen LogP contribution is -2.65. The first kappa shape index (κ1) is 70.2. The summed E-state index contributed by atoms with van der Waals surface area (Å²) in [5.41, 5.74) is -3.59. The number of aliphatic hydroxyl groups is 5. The topological polar surface area (TPSA) is 535 Å². The number of rotatable bonds is 29. The van der Waals surface area contributed by atoms with Crippen molar-refractivity contribution < 1.29 is 163 Å². The molecule has 5 aliphatic heterocycles. The van der Waals surface area contributed by atoms with Gasteiger partial charge in [-0.15, -0.1) is 0 Å². The fourth-order valence-corrected chi connectivity index (χ4v) is 12.4. The zero-order chi connectivity index (χ0) is 59.7. The Morgan fingerprint density at radius 3 is 1.25 bits per heavy atom. The Bertz CT molecular complexity index is 2470. The zero-order valence-electron chi connectivity index (χ0n) is 42.8. The van der Waals surface area contributed by atoms with Crippen LogP contribution in [0.5, 0.6) is 0 Å². The minimum atomic E-state index is -5.40. The van der Waals surface area contributed by atoms with E-state index in [9.17, 15) is 90.4 Å². The Morgan fingerprint density at radius 1 is 0.456 bits per heavy atom. The van der Waals surface area contributed by atoms with Crippen LogP contribution < -0.4 is 0 Å². The van der Waals surface area contributed by atoms with E-state index in [1.165, 1.54) is 35.2 Å². The largest absolute Gasteiger partial charge is 0.726 e. The van der Waals surface area contributed by atoms with E-state index in [4.69, 9.17) is 52.1 Å². The maximum Gasteiger partial charge on any atom is 0.218 e. The van der Waals surface area contributed by atoms with Crippen LogP contribution in [0.15, 0.2) is 0 Å². The first-order valence-electron chi connectivity index (χ1n) is 23.3. The number of ether oxygens (including phenoxy) is 11. The minimum Gasteiger partial charge on any atom is -0.726 e. The molecule has 20 atom stereocenters. The molecule has 0 aromatic rings. The molecule has 468 valence electrons. The summed E-state index contributed by atoms with van der Waals surface area (Å²) in [7, 11) is -21.2. The molecule has 5 N–H and O–H groups in total. The van der Waals surface area contributed by atoms with Gasteiger partial charge in [-0.2, -0.15) is 0 Å². The first-order chi connectivity index (χ1) is 36.5. The number of fused-ring (bicyclic) bond motifs is 2. The molecule has 5 heterocycles. The van der Waals surface area contributed by atoms with E-state index in [-0.39, 0.29) is 39.6 Å². The molecular formula is C38H65O36S5-5. The van der Waals surface area contributed by atoms with Crippen LogP contribution in [-0.4, -0.2) is 295 Å². The van der Waals surface area contributed by atoms with Crippen molar-refractivity contribution >= 4 is 52.0 Å². The van der Waals surface area contributed by atoms with Crippen LogP contribution in [0.1, 0.15) is 13.8 Å². The second kappa shape index (κ2) is 29.2. The van der Waals surface area contributed by atoms with Crippen molar-refractivity contribution in [3.63, 3.8) is 0 Å². The molecule has 0 spiro atoms. The summed E-state index contributed by atoms with van der Waals surface area (Å²) in [5.74, 6) is -4.31. The summed E-state index contributed by atoms with van der Waals surface area (Å²) >= 11 is 0. The smallest absolute Gasteiger partial charge is 0.218 e. The van der Waals surface area contributed by atoms with E-state index in [2.05, 4.69) is 20.9 Å². The average molecular weight is 1260 g/mol.